The first-order valence-corrected chi connectivity index (χ1v) is 11.1. The Morgan fingerprint density at radius 2 is 1.89 bits per heavy atom. The summed E-state index contributed by atoms with van der Waals surface area (Å²) >= 11 is 5.71. The molecule has 2 saturated heterocycles. The molecule has 9 heteroatoms. The predicted octanol–water partition coefficient (Wildman–Crippen LogP) is 2.19. The molecule has 1 aromatic carbocycles. The zero-order valence-corrected chi connectivity index (χ0v) is 17.0. The van der Waals surface area contributed by atoms with Gasteiger partial charge in [0.25, 0.3) is 0 Å². The number of likely N-dealkylation sites (tertiary alicyclic amines) is 1. The Balaban J connectivity index is 1.59. The maximum Gasteiger partial charge on any atom is 0.243 e. The van der Waals surface area contributed by atoms with Crippen LogP contribution in [0.1, 0.15) is 26.2 Å². The molecule has 0 unspecified atom stereocenters. The molecule has 0 radical (unpaired) electrons. The summed E-state index contributed by atoms with van der Waals surface area (Å²) in [5, 5.41) is -0.222. The monoisotopic (exact) mass is 417 g/mol. The number of halogens is 2. The number of piperidine rings is 1. The molecule has 2 fully saturated rings. The van der Waals surface area contributed by atoms with E-state index in [1.807, 2.05) is 0 Å². The van der Waals surface area contributed by atoms with Gasteiger partial charge in [-0.2, -0.15) is 4.31 Å². The first-order valence-electron chi connectivity index (χ1n) is 9.26. The summed E-state index contributed by atoms with van der Waals surface area (Å²) < 4.78 is 40.1. The van der Waals surface area contributed by atoms with Crippen molar-refractivity contribution >= 4 is 27.5 Å². The van der Waals surface area contributed by atoms with E-state index >= 15 is 0 Å². The predicted molar refractivity (Wildman–Crippen MR) is 102 cm³/mol. The van der Waals surface area contributed by atoms with Gasteiger partial charge in [-0.3, -0.25) is 9.69 Å². The van der Waals surface area contributed by atoms with Crippen LogP contribution in [0.2, 0.25) is 5.02 Å². The van der Waals surface area contributed by atoms with Gasteiger partial charge in [0.05, 0.1) is 16.5 Å². The largest absolute Gasteiger partial charge is 0.339 e. The van der Waals surface area contributed by atoms with Gasteiger partial charge in [0.1, 0.15) is 5.82 Å². The number of nitrogens with zero attached hydrogens (tertiary/aromatic N) is 3. The lowest BCUT2D eigenvalue weighted by atomic mass is 10.0. The van der Waals surface area contributed by atoms with Crippen LogP contribution in [0.5, 0.6) is 0 Å². The Kier molecular flexibility index (Phi) is 6.40. The molecule has 2 heterocycles. The Hall–Kier alpha value is -1.22. The summed E-state index contributed by atoms with van der Waals surface area (Å²) in [7, 11) is -3.75. The molecule has 6 nitrogen and oxygen atoms in total. The highest BCUT2D eigenvalue weighted by molar-refractivity contribution is 7.89. The molecule has 2 aliphatic rings. The number of amides is 1. The van der Waals surface area contributed by atoms with E-state index in [2.05, 4.69) is 11.8 Å². The van der Waals surface area contributed by atoms with Crippen LogP contribution in [-0.2, 0) is 14.8 Å². The molecule has 27 heavy (non-hydrogen) atoms. The van der Waals surface area contributed by atoms with Crippen LogP contribution in [0.4, 0.5) is 4.39 Å². The summed E-state index contributed by atoms with van der Waals surface area (Å²) in [6.07, 6.45) is 3.43. The molecule has 150 valence electrons. The molecule has 2 aliphatic heterocycles. The molecule has 3 rings (SSSR count). The lowest BCUT2D eigenvalue weighted by Crippen LogP contribution is -2.53. The van der Waals surface area contributed by atoms with E-state index in [0.29, 0.717) is 25.7 Å². The number of benzene rings is 1. The lowest BCUT2D eigenvalue weighted by molar-refractivity contribution is -0.134. The molecule has 0 N–H and O–H groups in total. The van der Waals surface area contributed by atoms with Crippen molar-refractivity contribution < 1.29 is 17.6 Å². The minimum atomic E-state index is -3.75. The molecule has 1 atom stereocenters. The van der Waals surface area contributed by atoms with Crippen LogP contribution in [0.15, 0.2) is 23.1 Å². The third-order valence-electron chi connectivity index (χ3n) is 5.40. The minimum absolute atomic E-state index is 0.0316. The number of carbonyl (C=O) groups excluding carboxylic acids is 1. The SMILES string of the molecule is C[C@@H]1CCCCN1CC(=O)N1CCN(S(=O)(=O)c2ccc(F)c(Cl)c2)CC1. The number of hydrogen-bond acceptors (Lipinski definition) is 4. The second-order valence-electron chi connectivity index (χ2n) is 7.18. The molecule has 1 aromatic rings. The van der Waals surface area contributed by atoms with Crippen molar-refractivity contribution in [3.63, 3.8) is 0 Å². The lowest BCUT2D eigenvalue weighted by Gasteiger charge is -2.37. The Labute approximate surface area is 164 Å². The standard InChI is InChI=1S/C18H25ClFN3O3S/c1-14-4-2-3-7-22(14)13-18(24)21-8-10-23(11-9-21)27(25,26)15-5-6-17(20)16(19)12-15/h5-6,12,14H,2-4,7-11,13H2,1H3/t14-/m1/s1. The Morgan fingerprint density at radius 3 is 2.52 bits per heavy atom. The van der Waals surface area contributed by atoms with Crippen LogP contribution >= 0.6 is 11.6 Å². The summed E-state index contributed by atoms with van der Waals surface area (Å²) in [4.78, 5) is 16.5. The summed E-state index contributed by atoms with van der Waals surface area (Å²) in [5.41, 5.74) is 0. The maximum atomic E-state index is 13.3. The topological polar surface area (TPSA) is 60.9 Å². The van der Waals surface area contributed by atoms with Crippen molar-refractivity contribution in [2.45, 2.75) is 37.1 Å². The molecule has 0 spiro atoms. The molecule has 0 aromatic heterocycles. The average Bonchev–Trinajstić information content (AvgIpc) is 2.65. The highest BCUT2D eigenvalue weighted by Crippen LogP contribution is 2.23. The first kappa shape index (κ1) is 20.5. The van der Waals surface area contributed by atoms with E-state index in [1.54, 1.807) is 4.90 Å². The van der Waals surface area contributed by atoms with Gasteiger partial charge >= 0.3 is 0 Å². The van der Waals surface area contributed by atoms with Crippen LogP contribution in [0.25, 0.3) is 0 Å². The number of sulfonamides is 1. The number of hydrogen-bond donors (Lipinski definition) is 0. The van der Waals surface area contributed by atoms with Gasteiger partial charge in [0.15, 0.2) is 0 Å². The van der Waals surface area contributed by atoms with Gasteiger partial charge in [-0.1, -0.05) is 18.0 Å². The summed E-state index contributed by atoms with van der Waals surface area (Å²) in [6.45, 7) is 4.63. The number of piperazine rings is 1. The third-order valence-corrected chi connectivity index (χ3v) is 7.58. The molecular formula is C18H25ClFN3O3S. The van der Waals surface area contributed by atoms with E-state index < -0.39 is 15.8 Å². The van der Waals surface area contributed by atoms with E-state index in [0.717, 1.165) is 31.5 Å². The van der Waals surface area contributed by atoms with Crippen molar-refractivity contribution in [1.82, 2.24) is 14.1 Å². The van der Waals surface area contributed by atoms with Gasteiger partial charge < -0.3 is 4.90 Å². The van der Waals surface area contributed by atoms with Gasteiger partial charge in [-0.15, -0.1) is 0 Å². The third kappa shape index (κ3) is 4.62. The second-order valence-corrected chi connectivity index (χ2v) is 9.52. The van der Waals surface area contributed by atoms with Crippen LogP contribution in [0.3, 0.4) is 0 Å². The zero-order valence-electron chi connectivity index (χ0n) is 15.4. The maximum absolute atomic E-state index is 13.3. The van der Waals surface area contributed by atoms with E-state index in [-0.39, 0.29) is 28.9 Å². The van der Waals surface area contributed by atoms with Crippen molar-refractivity contribution in [2.75, 3.05) is 39.3 Å². The van der Waals surface area contributed by atoms with Gasteiger partial charge in [0, 0.05) is 32.2 Å². The van der Waals surface area contributed by atoms with Gasteiger partial charge in [-0.05, 0) is 44.5 Å². The smallest absolute Gasteiger partial charge is 0.243 e. The second kappa shape index (κ2) is 8.43. The molecule has 0 aliphatic carbocycles. The summed E-state index contributed by atoms with van der Waals surface area (Å²) in [5.74, 6) is -0.608. The fourth-order valence-electron chi connectivity index (χ4n) is 3.63. The van der Waals surface area contributed by atoms with Crippen LogP contribution < -0.4 is 0 Å². The molecular weight excluding hydrogens is 393 g/mol. The van der Waals surface area contributed by atoms with E-state index in [9.17, 15) is 17.6 Å². The van der Waals surface area contributed by atoms with Gasteiger partial charge in [-0.25, -0.2) is 12.8 Å². The number of rotatable bonds is 4. The first-order chi connectivity index (χ1) is 12.8. The fourth-order valence-corrected chi connectivity index (χ4v) is 5.32. The number of carbonyl (C=O) groups is 1. The zero-order chi connectivity index (χ0) is 19.6. The van der Waals surface area contributed by atoms with Crippen LogP contribution in [0, 0.1) is 5.82 Å². The molecule has 0 saturated carbocycles. The van der Waals surface area contributed by atoms with Crippen molar-refractivity contribution in [3.8, 4) is 0 Å². The van der Waals surface area contributed by atoms with E-state index in [4.69, 9.17) is 11.6 Å². The molecule has 1 amide bonds. The van der Waals surface area contributed by atoms with Crippen molar-refractivity contribution in [1.29, 1.82) is 0 Å². The highest BCUT2D eigenvalue weighted by Gasteiger charge is 2.31. The highest BCUT2D eigenvalue weighted by atomic mass is 35.5. The van der Waals surface area contributed by atoms with Crippen molar-refractivity contribution in [3.05, 3.63) is 29.0 Å². The molecule has 0 bridgehead atoms. The normalized spacial score (nSPS) is 22.8. The van der Waals surface area contributed by atoms with Crippen molar-refractivity contribution in [2.24, 2.45) is 0 Å². The van der Waals surface area contributed by atoms with Gasteiger partial charge in [0.2, 0.25) is 15.9 Å². The summed E-state index contributed by atoms with van der Waals surface area (Å²) in [6, 6.07) is 3.80. The Bertz CT molecular complexity index is 797. The average molecular weight is 418 g/mol. The van der Waals surface area contributed by atoms with Crippen LogP contribution in [-0.4, -0.2) is 73.7 Å². The van der Waals surface area contributed by atoms with E-state index in [1.165, 1.54) is 16.8 Å². The Morgan fingerprint density at radius 1 is 1.19 bits per heavy atom. The fraction of sp³-hybridized carbons (Fsp3) is 0.611. The minimum Gasteiger partial charge on any atom is -0.339 e. The quantitative estimate of drug-likeness (QED) is 0.753.